The van der Waals surface area contributed by atoms with Crippen LogP contribution in [0, 0.1) is 12.3 Å². The van der Waals surface area contributed by atoms with E-state index < -0.39 is 17.9 Å². The molecule has 1 atom stereocenters. The third kappa shape index (κ3) is 5.94. The molecule has 28 heavy (non-hydrogen) atoms. The average molecular weight is 386 g/mol. The van der Waals surface area contributed by atoms with Crippen molar-refractivity contribution in [1.29, 1.82) is 5.41 Å². The Balaban J connectivity index is 1.87. The first-order valence-electron chi connectivity index (χ1n) is 8.52. The Hall–Kier alpha value is -3.69. The maximum atomic E-state index is 12.1. The first kappa shape index (κ1) is 20.6. The van der Waals surface area contributed by atoms with Gasteiger partial charge < -0.3 is 21.5 Å². The summed E-state index contributed by atoms with van der Waals surface area (Å²) in [5.74, 6) is -1.94. The van der Waals surface area contributed by atoms with Crippen LogP contribution in [-0.2, 0) is 14.4 Å². The number of rotatable bonds is 9. The predicted molar refractivity (Wildman–Crippen MR) is 102 cm³/mol. The number of hydrogen-bond donors (Lipinski definition) is 6. The van der Waals surface area contributed by atoms with Crippen molar-refractivity contribution in [1.82, 2.24) is 15.5 Å². The van der Waals surface area contributed by atoms with E-state index in [9.17, 15) is 14.4 Å². The average Bonchev–Trinajstić information content (AvgIpc) is 3.13. The molecule has 0 aliphatic rings. The first-order chi connectivity index (χ1) is 13.3. The van der Waals surface area contributed by atoms with Crippen molar-refractivity contribution in [3.05, 3.63) is 47.3 Å². The van der Waals surface area contributed by atoms with Crippen LogP contribution >= 0.6 is 0 Å². The van der Waals surface area contributed by atoms with Crippen molar-refractivity contribution in [2.75, 3.05) is 5.32 Å². The third-order valence-electron chi connectivity index (χ3n) is 3.97. The molecular formula is C18H22N6O4. The van der Waals surface area contributed by atoms with E-state index in [1.54, 1.807) is 31.2 Å². The van der Waals surface area contributed by atoms with Gasteiger partial charge in [-0.05, 0) is 36.8 Å². The number of aryl methyl sites for hydroxylation is 1. The molecule has 0 aliphatic carbocycles. The van der Waals surface area contributed by atoms with E-state index in [1.165, 1.54) is 6.20 Å². The second-order valence-electron chi connectivity index (χ2n) is 6.21. The molecule has 7 N–H and O–H groups in total. The van der Waals surface area contributed by atoms with E-state index in [4.69, 9.17) is 16.2 Å². The Morgan fingerprint density at radius 3 is 2.54 bits per heavy atom. The number of carbonyl (C=O) groups excluding carboxylic acids is 2. The van der Waals surface area contributed by atoms with Crippen LogP contribution in [0.2, 0.25) is 0 Å². The quantitative estimate of drug-likeness (QED) is 0.277. The number of aromatic nitrogens is 2. The van der Waals surface area contributed by atoms with Crippen molar-refractivity contribution in [2.45, 2.75) is 32.2 Å². The van der Waals surface area contributed by atoms with Crippen LogP contribution in [-0.4, -0.2) is 38.9 Å². The number of aliphatic carboxylic acids is 1. The maximum absolute atomic E-state index is 12.1. The Kier molecular flexibility index (Phi) is 6.85. The van der Waals surface area contributed by atoms with E-state index in [0.29, 0.717) is 16.9 Å². The molecule has 0 radical (unpaired) electrons. The lowest BCUT2D eigenvalue weighted by molar-refractivity contribution is -0.138. The van der Waals surface area contributed by atoms with E-state index in [-0.39, 0.29) is 31.0 Å². The van der Waals surface area contributed by atoms with Crippen LogP contribution in [0.5, 0.6) is 0 Å². The van der Waals surface area contributed by atoms with Gasteiger partial charge in [-0.1, -0.05) is 0 Å². The highest BCUT2D eigenvalue weighted by atomic mass is 16.4. The lowest BCUT2D eigenvalue weighted by Gasteiger charge is -2.14. The number of nitrogens with one attached hydrogen (secondary N) is 4. The minimum Gasteiger partial charge on any atom is -0.481 e. The summed E-state index contributed by atoms with van der Waals surface area (Å²) in [5.41, 5.74) is 7.73. The molecule has 0 saturated heterocycles. The van der Waals surface area contributed by atoms with Gasteiger partial charge in [0.2, 0.25) is 11.8 Å². The van der Waals surface area contributed by atoms with Gasteiger partial charge in [0, 0.05) is 30.3 Å². The number of nitrogen functional groups attached to an aromatic ring is 1. The van der Waals surface area contributed by atoms with Crippen LogP contribution in [0.1, 0.15) is 42.1 Å². The second-order valence-corrected chi connectivity index (χ2v) is 6.21. The molecule has 10 heteroatoms. The summed E-state index contributed by atoms with van der Waals surface area (Å²) >= 11 is 0. The number of carboxylic acids is 1. The zero-order chi connectivity index (χ0) is 20.7. The molecule has 2 amide bonds. The molecule has 2 aromatic rings. The number of H-pyrrole nitrogens is 1. The molecule has 1 unspecified atom stereocenters. The van der Waals surface area contributed by atoms with E-state index >= 15 is 0 Å². The SMILES string of the molecule is Cc1cc(NC(=O)CCC(=O)NC(CC(=O)O)c2cc[nH]n2)ccc1C(=N)N. The van der Waals surface area contributed by atoms with Crippen molar-refractivity contribution in [3.63, 3.8) is 0 Å². The topological polar surface area (TPSA) is 174 Å². The Labute approximate surface area is 161 Å². The van der Waals surface area contributed by atoms with Crippen molar-refractivity contribution in [2.24, 2.45) is 5.73 Å². The minimum absolute atomic E-state index is 0.0557. The monoisotopic (exact) mass is 386 g/mol. The van der Waals surface area contributed by atoms with Gasteiger partial charge >= 0.3 is 5.97 Å². The lowest BCUT2D eigenvalue weighted by Crippen LogP contribution is -2.31. The molecule has 1 aromatic heterocycles. The molecule has 148 valence electrons. The predicted octanol–water partition coefficient (Wildman–Crippen LogP) is 1.05. The number of carboxylic acid groups (broad SMARTS) is 1. The molecule has 0 fully saturated rings. The highest BCUT2D eigenvalue weighted by Gasteiger charge is 2.20. The van der Waals surface area contributed by atoms with Gasteiger partial charge in [0.05, 0.1) is 18.2 Å². The van der Waals surface area contributed by atoms with Crippen LogP contribution < -0.4 is 16.4 Å². The number of aromatic amines is 1. The molecular weight excluding hydrogens is 364 g/mol. The summed E-state index contributed by atoms with van der Waals surface area (Å²) in [6.07, 6.45) is 1.05. The van der Waals surface area contributed by atoms with Crippen molar-refractivity contribution < 1.29 is 19.5 Å². The fourth-order valence-corrected chi connectivity index (χ4v) is 2.63. The zero-order valence-electron chi connectivity index (χ0n) is 15.3. The molecule has 2 rings (SSSR count). The molecule has 1 heterocycles. The smallest absolute Gasteiger partial charge is 0.305 e. The molecule has 0 saturated carbocycles. The van der Waals surface area contributed by atoms with Gasteiger partial charge in [0.1, 0.15) is 5.84 Å². The summed E-state index contributed by atoms with van der Waals surface area (Å²) in [6, 6.07) is 5.76. The van der Waals surface area contributed by atoms with E-state index in [0.717, 1.165) is 5.56 Å². The number of amidine groups is 1. The fraction of sp³-hybridized carbons (Fsp3) is 0.278. The molecule has 0 bridgehead atoms. The van der Waals surface area contributed by atoms with Gasteiger partial charge in [0.15, 0.2) is 0 Å². The van der Waals surface area contributed by atoms with Crippen LogP contribution in [0.15, 0.2) is 30.5 Å². The van der Waals surface area contributed by atoms with Crippen LogP contribution in [0.25, 0.3) is 0 Å². The maximum Gasteiger partial charge on any atom is 0.305 e. The van der Waals surface area contributed by atoms with E-state index in [2.05, 4.69) is 20.8 Å². The van der Waals surface area contributed by atoms with Crippen molar-refractivity contribution in [3.8, 4) is 0 Å². The van der Waals surface area contributed by atoms with Gasteiger partial charge in [0.25, 0.3) is 0 Å². The highest BCUT2D eigenvalue weighted by Crippen LogP contribution is 2.16. The van der Waals surface area contributed by atoms with Crippen LogP contribution in [0.4, 0.5) is 5.69 Å². The number of nitrogens with zero attached hydrogens (tertiary/aromatic N) is 1. The summed E-state index contributed by atoms with van der Waals surface area (Å²) in [7, 11) is 0. The zero-order valence-corrected chi connectivity index (χ0v) is 15.3. The number of nitrogens with two attached hydrogens (primary N) is 1. The highest BCUT2D eigenvalue weighted by molar-refractivity contribution is 5.98. The molecule has 1 aromatic carbocycles. The molecule has 10 nitrogen and oxygen atoms in total. The number of amides is 2. The number of benzene rings is 1. The van der Waals surface area contributed by atoms with Gasteiger partial charge in [-0.15, -0.1) is 0 Å². The van der Waals surface area contributed by atoms with Gasteiger partial charge in [-0.2, -0.15) is 5.10 Å². The standard InChI is InChI=1S/C18H22N6O4/c1-10-8-11(2-3-12(10)18(19)20)22-15(25)4-5-16(26)23-14(9-17(27)28)13-6-7-21-24-13/h2-3,6-8,14H,4-5,9H2,1H3,(H3,19,20)(H,21,24)(H,22,25)(H,23,26)(H,27,28). The number of anilines is 1. The molecule has 0 spiro atoms. The Bertz CT molecular complexity index is 878. The number of hydrogen-bond acceptors (Lipinski definition) is 5. The summed E-state index contributed by atoms with van der Waals surface area (Å²) in [4.78, 5) is 35.1. The fourth-order valence-electron chi connectivity index (χ4n) is 2.63. The Morgan fingerprint density at radius 1 is 1.25 bits per heavy atom. The second kappa shape index (κ2) is 9.31. The van der Waals surface area contributed by atoms with E-state index in [1.807, 2.05) is 0 Å². The summed E-state index contributed by atoms with van der Waals surface area (Å²) in [5, 5.41) is 28.2. The van der Waals surface area contributed by atoms with Crippen LogP contribution in [0.3, 0.4) is 0 Å². The van der Waals surface area contributed by atoms with Gasteiger partial charge in [-0.25, -0.2) is 0 Å². The summed E-state index contributed by atoms with van der Waals surface area (Å²) in [6.45, 7) is 1.78. The minimum atomic E-state index is -1.07. The normalized spacial score (nSPS) is 11.5. The largest absolute Gasteiger partial charge is 0.481 e. The third-order valence-corrected chi connectivity index (χ3v) is 3.97. The number of carbonyl (C=O) groups is 3. The molecule has 0 aliphatic heterocycles. The van der Waals surface area contributed by atoms with Crippen molar-refractivity contribution >= 4 is 29.3 Å². The van der Waals surface area contributed by atoms with Gasteiger partial charge in [-0.3, -0.25) is 24.9 Å². The first-order valence-corrected chi connectivity index (χ1v) is 8.52. The Morgan fingerprint density at radius 2 is 1.96 bits per heavy atom. The lowest BCUT2D eigenvalue weighted by atomic mass is 10.1. The summed E-state index contributed by atoms with van der Waals surface area (Å²) < 4.78 is 0.